The number of hydrogen-bond donors (Lipinski definition) is 0. The Bertz CT molecular complexity index is 794. The molecule has 1 aliphatic heterocycles. The lowest BCUT2D eigenvalue weighted by Gasteiger charge is -2.11. The molecule has 7 nitrogen and oxygen atoms in total. The van der Waals surface area contributed by atoms with E-state index in [-0.39, 0.29) is 24.8 Å². The lowest BCUT2D eigenvalue weighted by atomic mass is 10.3. The van der Waals surface area contributed by atoms with Gasteiger partial charge in [0, 0.05) is 6.92 Å². The number of hydrogen-bond acceptors (Lipinski definition) is 9. The maximum absolute atomic E-state index is 12.4. The molecule has 2 rings (SSSR count). The number of rotatable bonds is 10. The van der Waals surface area contributed by atoms with Crippen molar-refractivity contribution in [2.75, 3.05) is 26.4 Å². The molecule has 0 unspecified atom stereocenters. The summed E-state index contributed by atoms with van der Waals surface area (Å²) in [7, 11) is 0. The lowest BCUT2D eigenvalue weighted by Crippen LogP contribution is -2.10. The van der Waals surface area contributed by atoms with Crippen molar-refractivity contribution in [1.82, 2.24) is 0 Å². The van der Waals surface area contributed by atoms with E-state index in [1.165, 1.54) is 30.4 Å². The Hall–Kier alpha value is -2.31. The quantitative estimate of drug-likeness (QED) is 0.230. The second-order valence-electron chi connectivity index (χ2n) is 5.75. The summed E-state index contributed by atoms with van der Waals surface area (Å²) in [5.41, 5.74) is -0.0407. The second kappa shape index (κ2) is 11.6. The van der Waals surface area contributed by atoms with Gasteiger partial charge in [-0.1, -0.05) is 23.5 Å². The highest BCUT2D eigenvalue weighted by molar-refractivity contribution is 8.24. The van der Waals surface area contributed by atoms with Gasteiger partial charge in [-0.2, -0.15) is 5.26 Å². The number of fused-ring (bicyclic) bond motifs is 1. The molecule has 0 amide bonds. The molecular weight excluding hydrogens is 414 g/mol. The van der Waals surface area contributed by atoms with Gasteiger partial charge in [-0.3, -0.25) is 4.79 Å². The van der Waals surface area contributed by atoms with E-state index in [1.54, 1.807) is 0 Å². The van der Waals surface area contributed by atoms with Gasteiger partial charge in [0.05, 0.1) is 40.5 Å². The fourth-order valence-electron chi connectivity index (χ4n) is 2.40. The molecule has 1 heterocycles. The van der Waals surface area contributed by atoms with Gasteiger partial charge >= 0.3 is 11.9 Å². The Labute approximate surface area is 178 Å². The zero-order valence-electron chi connectivity index (χ0n) is 16.6. The summed E-state index contributed by atoms with van der Waals surface area (Å²) < 4.78 is 21.9. The molecule has 0 radical (unpaired) electrons. The topological polar surface area (TPSA) is 94.8 Å². The molecule has 0 bridgehead atoms. The molecule has 0 saturated heterocycles. The summed E-state index contributed by atoms with van der Waals surface area (Å²) in [5, 5.41) is 9.53. The Balaban J connectivity index is 2.08. The minimum absolute atomic E-state index is 0.0407. The van der Waals surface area contributed by atoms with E-state index >= 15 is 0 Å². The summed E-state index contributed by atoms with van der Waals surface area (Å²) in [6.07, 6.45) is 1.12. The van der Waals surface area contributed by atoms with Crippen molar-refractivity contribution >= 4 is 35.5 Å². The fraction of sp³-hybridized carbons (Fsp3) is 0.450. The van der Waals surface area contributed by atoms with Gasteiger partial charge in [0.1, 0.15) is 17.6 Å². The zero-order chi connectivity index (χ0) is 21.2. The van der Waals surface area contributed by atoms with Crippen molar-refractivity contribution in [3.8, 4) is 17.6 Å². The SMILES string of the molecule is CCOc1ccc(OCC)c2c1SC(=C(C#N)C(=O)OCCCCOC(C)=O)S2. The van der Waals surface area contributed by atoms with Crippen LogP contribution in [0.2, 0.25) is 0 Å². The smallest absolute Gasteiger partial charge is 0.350 e. The van der Waals surface area contributed by atoms with Crippen LogP contribution in [0.5, 0.6) is 11.5 Å². The molecule has 0 saturated carbocycles. The molecule has 156 valence electrons. The minimum atomic E-state index is -0.668. The molecule has 1 aliphatic rings. The van der Waals surface area contributed by atoms with Crippen molar-refractivity contribution < 1.29 is 28.5 Å². The normalized spacial score (nSPS) is 12.0. The maximum Gasteiger partial charge on any atom is 0.350 e. The molecule has 29 heavy (non-hydrogen) atoms. The van der Waals surface area contributed by atoms with Crippen molar-refractivity contribution in [2.24, 2.45) is 0 Å². The Morgan fingerprint density at radius 2 is 1.48 bits per heavy atom. The second-order valence-corrected chi connectivity index (χ2v) is 8.05. The summed E-state index contributed by atoms with van der Waals surface area (Å²) in [6.45, 7) is 6.57. The minimum Gasteiger partial charge on any atom is -0.493 e. The lowest BCUT2D eigenvalue weighted by molar-refractivity contribution is -0.142. The average Bonchev–Trinajstić information content (AvgIpc) is 3.12. The number of esters is 2. The van der Waals surface area contributed by atoms with Crippen LogP contribution in [0.25, 0.3) is 0 Å². The molecular formula is C20H23NO6S2. The van der Waals surface area contributed by atoms with Crippen LogP contribution in [0, 0.1) is 11.3 Å². The van der Waals surface area contributed by atoms with Gasteiger partial charge in [0.2, 0.25) is 0 Å². The maximum atomic E-state index is 12.4. The van der Waals surface area contributed by atoms with Crippen LogP contribution in [0.4, 0.5) is 0 Å². The van der Waals surface area contributed by atoms with Crippen LogP contribution in [-0.4, -0.2) is 38.4 Å². The van der Waals surface area contributed by atoms with Gasteiger partial charge in [-0.25, -0.2) is 4.79 Å². The van der Waals surface area contributed by atoms with Crippen LogP contribution in [0.15, 0.2) is 31.7 Å². The van der Waals surface area contributed by atoms with Crippen LogP contribution >= 0.6 is 23.5 Å². The first-order valence-corrected chi connectivity index (χ1v) is 10.9. The van der Waals surface area contributed by atoms with Gasteiger partial charge in [-0.15, -0.1) is 0 Å². The van der Waals surface area contributed by atoms with E-state index < -0.39 is 5.97 Å². The monoisotopic (exact) mass is 437 g/mol. The number of unbranched alkanes of at least 4 members (excludes halogenated alkanes) is 1. The van der Waals surface area contributed by atoms with Crippen LogP contribution in [0.1, 0.15) is 33.6 Å². The summed E-state index contributed by atoms with van der Waals surface area (Å²) in [5.74, 6) is 0.370. The molecule has 1 aromatic rings. The van der Waals surface area contributed by atoms with Gasteiger partial charge in [0.15, 0.2) is 5.57 Å². The summed E-state index contributed by atoms with van der Waals surface area (Å²) in [6, 6.07) is 5.62. The number of carbonyl (C=O) groups is 2. The first kappa shape index (κ1) is 23.0. The zero-order valence-corrected chi connectivity index (χ0v) is 18.2. The molecule has 0 atom stereocenters. The van der Waals surface area contributed by atoms with Crippen molar-refractivity contribution in [3.63, 3.8) is 0 Å². The van der Waals surface area contributed by atoms with E-state index in [1.807, 2.05) is 32.0 Å². The Morgan fingerprint density at radius 1 is 0.966 bits per heavy atom. The molecule has 0 spiro atoms. The number of thioether (sulfide) groups is 2. The molecule has 0 fully saturated rings. The van der Waals surface area contributed by atoms with Gasteiger partial charge in [0.25, 0.3) is 0 Å². The van der Waals surface area contributed by atoms with Crippen molar-refractivity contribution in [1.29, 1.82) is 5.26 Å². The highest BCUT2D eigenvalue weighted by Crippen LogP contribution is 2.58. The number of benzene rings is 1. The van der Waals surface area contributed by atoms with Crippen LogP contribution < -0.4 is 9.47 Å². The molecule has 0 aromatic heterocycles. The first-order chi connectivity index (χ1) is 14.0. The van der Waals surface area contributed by atoms with E-state index in [0.29, 0.717) is 41.8 Å². The van der Waals surface area contributed by atoms with E-state index in [4.69, 9.17) is 18.9 Å². The number of nitrogens with zero attached hydrogens (tertiary/aromatic N) is 1. The fourth-order valence-corrected chi connectivity index (χ4v) is 4.99. The predicted octanol–water partition coefficient (Wildman–Crippen LogP) is 4.30. The largest absolute Gasteiger partial charge is 0.493 e. The summed E-state index contributed by atoms with van der Waals surface area (Å²) in [4.78, 5) is 24.8. The first-order valence-electron chi connectivity index (χ1n) is 9.24. The number of carbonyl (C=O) groups excluding carboxylic acids is 2. The summed E-state index contributed by atoms with van der Waals surface area (Å²) >= 11 is 2.62. The number of nitriles is 1. The average molecular weight is 438 g/mol. The van der Waals surface area contributed by atoms with E-state index in [2.05, 4.69) is 0 Å². The third kappa shape index (κ3) is 6.34. The van der Waals surface area contributed by atoms with E-state index in [0.717, 1.165) is 9.79 Å². The highest BCUT2D eigenvalue weighted by atomic mass is 32.2. The Kier molecular flexibility index (Phi) is 9.22. The number of ether oxygens (including phenoxy) is 4. The van der Waals surface area contributed by atoms with Crippen molar-refractivity contribution in [3.05, 3.63) is 21.9 Å². The van der Waals surface area contributed by atoms with Gasteiger partial charge in [-0.05, 0) is 38.8 Å². The third-order valence-corrected chi connectivity index (χ3v) is 6.25. The van der Waals surface area contributed by atoms with Crippen LogP contribution in [0.3, 0.4) is 0 Å². The van der Waals surface area contributed by atoms with Crippen LogP contribution in [-0.2, 0) is 19.1 Å². The van der Waals surface area contributed by atoms with Gasteiger partial charge < -0.3 is 18.9 Å². The molecule has 1 aromatic carbocycles. The molecule has 9 heteroatoms. The van der Waals surface area contributed by atoms with Crippen molar-refractivity contribution in [2.45, 2.75) is 43.4 Å². The Morgan fingerprint density at radius 3 is 1.93 bits per heavy atom. The highest BCUT2D eigenvalue weighted by Gasteiger charge is 2.30. The van der Waals surface area contributed by atoms with E-state index in [9.17, 15) is 14.9 Å². The molecule has 0 N–H and O–H groups in total. The predicted molar refractivity (Wildman–Crippen MR) is 110 cm³/mol. The standard InChI is InChI=1S/C20H23NO6S2/c1-4-24-15-8-9-16(25-5-2)18-17(15)28-20(29-18)14(12-21)19(23)27-11-7-6-10-26-13(3)22/h8-9H,4-7,10-11H2,1-3H3. The third-order valence-electron chi connectivity index (χ3n) is 3.63. The molecule has 0 aliphatic carbocycles.